The summed E-state index contributed by atoms with van der Waals surface area (Å²) in [6.07, 6.45) is 8.73. The Bertz CT molecular complexity index is 218. The zero-order valence-electron chi connectivity index (χ0n) is 20.4. The van der Waals surface area contributed by atoms with Gasteiger partial charge in [-0.15, -0.1) is 0 Å². The SMILES string of the molecule is CC(C)[CH2][Al]([CH2]C(C)C)[CH2]C(C)C.CCC[CH2][Al]([CH2]CCC)[CH2]CCC. The van der Waals surface area contributed by atoms with Crippen molar-refractivity contribution in [3.63, 3.8) is 0 Å². The van der Waals surface area contributed by atoms with Gasteiger partial charge in [-0.05, 0) is 0 Å². The molecular formula is C24H54Al2. The van der Waals surface area contributed by atoms with Gasteiger partial charge in [-0.3, -0.25) is 0 Å². The molecule has 0 aromatic carbocycles. The summed E-state index contributed by atoms with van der Waals surface area (Å²) in [5.74, 6) is 2.78. The Morgan fingerprint density at radius 3 is 0.923 bits per heavy atom. The molecule has 0 saturated carbocycles. The Balaban J connectivity index is 0. The van der Waals surface area contributed by atoms with Gasteiger partial charge in [0.1, 0.15) is 0 Å². The maximum atomic E-state index is 2.38. The predicted molar refractivity (Wildman–Crippen MR) is 130 cm³/mol. The lowest BCUT2D eigenvalue weighted by Gasteiger charge is -2.17. The van der Waals surface area contributed by atoms with E-state index in [0.717, 1.165) is 17.8 Å². The van der Waals surface area contributed by atoms with Crippen molar-refractivity contribution in [1.82, 2.24) is 0 Å². The van der Waals surface area contributed by atoms with Gasteiger partial charge in [-0.1, -0.05) is 150 Å². The quantitative estimate of drug-likeness (QED) is 0.242. The molecule has 0 rings (SSSR count). The van der Waals surface area contributed by atoms with Crippen molar-refractivity contribution in [1.29, 1.82) is 0 Å². The van der Waals surface area contributed by atoms with Crippen LogP contribution in [0.2, 0.25) is 31.7 Å². The lowest BCUT2D eigenvalue weighted by Crippen LogP contribution is -2.19. The molecule has 0 aromatic rings. The molecule has 0 aliphatic heterocycles. The number of hydrogen-bond acceptors (Lipinski definition) is 0. The Morgan fingerprint density at radius 1 is 0.462 bits per heavy atom. The normalized spacial score (nSPS) is 11.1. The van der Waals surface area contributed by atoms with Gasteiger partial charge in [0.05, 0.1) is 0 Å². The van der Waals surface area contributed by atoms with Crippen molar-refractivity contribution < 1.29 is 0 Å². The average Bonchev–Trinajstić information content (AvgIpc) is 2.53. The Kier molecular flexibility index (Phi) is 23.4. The van der Waals surface area contributed by atoms with Crippen molar-refractivity contribution in [3.8, 4) is 0 Å². The summed E-state index contributed by atoms with van der Waals surface area (Å²) in [4.78, 5) is 0. The molecule has 0 aromatic heterocycles. The van der Waals surface area contributed by atoms with Crippen LogP contribution in [0.15, 0.2) is 0 Å². The summed E-state index contributed by atoms with van der Waals surface area (Å²) >= 11 is -0.694. The third-order valence-corrected chi connectivity index (χ3v) is 13.8. The first kappa shape index (κ1) is 29.3. The maximum Gasteiger partial charge on any atom is 0.262 e. The zero-order chi connectivity index (χ0) is 20.4. The van der Waals surface area contributed by atoms with Gasteiger partial charge in [-0.2, -0.15) is 0 Å². The van der Waals surface area contributed by atoms with E-state index in [2.05, 4.69) is 62.3 Å². The summed E-state index contributed by atoms with van der Waals surface area (Å²) in [5.41, 5.74) is 0. The van der Waals surface area contributed by atoms with Crippen LogP contribution in [0.4, 0.5) is 0 Å². The van der Waals surface area contributed by atoms with Crippen LogP contribution in [0, 0.1) is 17.8 Å². The highest BCUT2D eigenvalue weighted by atomic mass is 27.2. The summed E-state index contributed by atoms with van der Waals surface area (Å²) in [7, 11) is 0. The van der Waals surface area contributed by atoms with E-state index < -0.39 is 14.1 Å². The van der Waals surface area contributed by atoms with Crippen molar-refractivity contribution in [2.75, 3.05) is 0 Å². The van der Waals surface area contributed by atoms with Crippen LogP contribution >= 0.6 is 0 Å². The molecular weight excluding hydrogens is 342 g/mol. The van der Waals surface area contributed by atoms with E-state index in [4.69, 9.17) is 0 Å². The van der Waals surface area contributed by atoms with Crippen LogP contribution in [0.5, 0.6) is 0 Å². The summed E-state index contributed by atoms with van der Waals surface area (Å²) in [5, 5.41) is 9.52. The molecule has 0 saturated heterocycles. The molecule has 0 nitrogen and oxygen atoms in total. The van der Waals surface area contributed by atoms with E-state index in [0.29, 0.717) is 0 Å². The molecule has 0 N–H and O–H groups in total. The monoisotopic (exact) mass is 396 g/mol. The fraction of sp³-hybridized carbons (Fsp3) is 1.00. The summed E-state index contributed by atoms with van der Waals surface area (Å²) in [6.45, 7) is 21.2. The second-order valence-corrected chi connectivity index (χ2v) is 16.7. The van der Waals surface area contributed by atoms with Gasteiger partial charge in [0.25, 0.3) is 28.3 Å². The van der Waals surface area contributed by atoms with Crippen LogP contribution in [0.25, 0.3) is 0 Å². The van der Waals surface area contributed by atoms with Crippen molar-refractivity contribution >= 4 is 28.3 Å². The zero-order valence-corrected chi connectivity index (χ0v) is 22.7. The highest BCUT2D eigenvalue weighted by Crippen LogP contribution is 2.21. The van der Waals surface area contributed by atoms with Crippen LogP contribution in [-0.2, 0) is 0 Å². The molecule has 0 radical (unpaired) electrons. The highest BCUT2D eigenvalue weighted by molar-refractivity contribution is 6.59. The van der Waals surface area contributed by atoms with E-state index in [1.54, 1.807) is 31.7 Å². The number of unbranched alkanes of at least 4 members (excludes halogenated alkanes) is 3. The van der Waals surface area contributed by atoms with E-state index in [1.807, 2.05) is 0 Å². The van der Waals surface area contributed by atoms with Gasteiger partial charge in [0, 0.05) is 0 Å². The van der Waals surface area contributed by atoms with Crippen LogP contribution < -0.4 is 0 Å². The molecule has 0 spiro atoms. The maximum absolute atomic E-state index is 2.38. The molecule has 0 aliphatic rings. The van der Waals surface area contributed by atoms with Gasteiger partial charge in [-0.25, -0.2) is 0 Å². The topological polar surface area (TPSA) is 0 Å². The lowest BCUT2D eigenvalue weighted by atomic mass is 10.2. The first-order valence-electron chi connectivity index (χ1n) is 12.3. The van der Waals surface area contributed by atoms with Crippen molar-refractivity contribution in [2.45, 2.75) is 133 Å². The Hall–Kier alpha value is 1.06. The molecule has 0 atom stereocenters. The number of rotatable bonds is 15. The van der Waals surface area contributed by atoms with Crippen LogP contribution in [-0.4, -0.2) is 28.3 Å². The Morgan fingerprint density at radius 2 is 0.731 bits per heavy atom. The second kappa shape index (κ2) is 20.8. The van der Waals surface area contributed by atoms with Crippen molar-refractivity contribution in [2.24, 2.45) is 17.8 Å². The first-order valence-corrected chi connectivity index (χ1v) is 17.2. The fourth-order valence-corrected chi connectivity index (χ4v) is 12.6. The van der Waals surface area contributed by atoms with Crippen molar-refractivity contribution in [3.05, 3.63) is 0 Å². The molecule has 0 unspecified atom stereocenters. The highest BCUT2D eigenvalue weighted by Gasteiger charge is 2.20. The third-order valence-electron chi connectivity index (χ3n) is 5.31. The van der Waals surface area contributed by atoms with E-state index in [9.17, 15) is 0 Å². The van der Waals surface area contributed by atoms with E-state index in [1.165, 1.54) is 38.5 Å². The first-order chi connectivity index (χ1) is 12.3. The lowest BCUT2D eigenvalue weighted by molar-refractivity contribution is 0.659. The third kappa shape index (κ3) is 23.1. The largest absolute Gasteiger partial charge is 0.262 e. The Labute approximate surface area is 178 Å². The van der Waals surface area contributed by atoms with E-state index in [-0.39, 0.29) is 14.1 Å². The van der Waals surface area contributed by atoms with Gasteiger partial charge >= 0.3 is 0 Å². The summed E-state index contributed by atoms with van der Waals surface area (Å²) in [6, 6.07) is 0. The molecule has 0 bridgehead atoms. The minimum Gasteiger partial charge on any atom is -0.0939 e. The van der Waals surface area contributed by atoms with Gasteiger partial charge in [0.15, 0.2) is 0 Å². The summed E-state index contributed by atoms with van der Waals surface area (Å²) < 4.78 is 0. The van der Waals surface area contributed by atoms with Crippen LogP contribution in [0.1, 0.15) is 101 Å². The second-order valence-electron chi connectivity index (χ2n) is 10.0. The smallest absolute Gasteiger partial charge is 0.0939 e. The minimum atomic E-state index is -0.407. The molecule has 26 heavy (non-hydrogen) atoms. The average molecular weight is 397 g/mol. The molecule has 0 amide bonds. The molecule has 0 heterocycles. The fourth-order valence-electron chi connectivity index (χ4n) is 4.20. The number of hydrogen-bond donors (Lipinski definition) is 0. The molecule has 0 aliphatic carbocycles. The standard InChI is InChI=1S/6C4H9.2Al/c3*1-4(2)3;3*1-3-4-2;;/h3*4H,1H2,2-3H3;3*1,3-4H2,2H3;;. The molecule has 2 heteroatoms. The molecule has 156 valence electrons. The van der Waals surface area contributed by atoms with Gasteiger partial charge < -0.3 is 0 Å². The van der Waals surface area contributed by atoms with E-state index >= 15 is 0 Å². The molecule has 0 fully saturated rings. The minimum absolute atomic E-state index is 0.287. The van der Waals surface area contributed by atoms with Gasteiger partial charge in [0.2, 0.25) is 0 Å². The van der Waals surface area contributed by atoms with Crippen LogP contribution in [0.3, 0.4) is 0 Å². The predicted octanol–water partition coefficient (Wildman–Crippen LogP) is 9.33.